The molecule has 1 N–H and O–H groups in total. The fourth-order valence-corrected chi connectivity index (χ4v) is 1.49. The Balaban J connectivity index is 5.98. The lowest BCUT2D eigenvalue weighted by molar-refractivity contribution is -0.350. The Morgan fingerprint density at radius 3 is 1.83 bits per heavy atom. The summed E-state index contributed by atoms with van der Waals surface area (Å²) in [5.41, 5.74) is -2.51. The molecule has 5 nitrogen and oxygen atoms in total. The van der Waals surface area contributed by atoms with E-state index >= 15 is 0 Å². The minimum atomic E-state index is -6.15. The minimum absolute atomic E-state index is 0.259. The summed E-state index contributed by atoms with van der Waals surface area (Å²) < 4.78 is 136. The molecule has 0 aromatic heterocycles. The van der Waals surface area contributed by atoms with Gasteiger partial charge in [0.15, 0.2) is 0 Å². The van der Waals surface area contributed by atoms with E-state index in [0.717, 1.165) is 0 Å². The van der Waals surface area contributed by atoms with E-state index in [1.54, 1.807) is 0 Å². The second kappa shape index (κ2) is 8.81. The van der Waals surface area contributed by atoms with Crippen LogP contribution in [0.1, 0.15) is 6.42 Å². The summed E-state index contributed by atoms with van der Waals surface area (Å²) in [4.78, 5) is 23.1. The molecule has 0 spiro atoms. The maximum atomic E-state index is 13.4. The second-order valence-corrected chi connectivity index (χ2v) is 5.56. The number of ether oxygens (including phenoxy) is 2. The van der Waals surface area contributed by atoms with E-state index in [0.29, 0.717) is 0 Å². The van der Waals surface area contributed by atoms with Crippen molar-refractivity contribution in [3.05, 3.63) is 24.9 Å². The van der Waals surface area contributed by atoms with Crippen molar-refractivity contribution in [2.75, 3.05) is 6.61 Å². The molecule has 0 aromatic rings. The van der Waals surface area contributed by atoms with Gasteiger partial charge in [-0.25, -0.2) is 4.79 Å². The van der Waals surface area contributed by atoms with Gasteiger partial charge in [0.2, 0.25) is 0 Å². The average Bonchev–Trinajstić information content (AvgIpc) is 2.49. The molecule has 0 aliphatic carbocycles. The van der Waals surface area contributed by atoms with E-state index in [1.165, 1.54) is 5.32 Å². The number of carbonyl (C=O) groups is 2. The van der Waals surface area contributed by atoms with Gasteiger partial charge in [-0.1, -0.05) is 25.8 Å². The monoisotopic (exact) mass is 467 g/mol. The molecule has 1 unspecified atom stereocenters. The van der Waals surface area contributed by atoms with Crippen LogP contribution in [0.15, 0.2) is 24.9 Å². The number of amides is 1. The normalized spacial score (nSPS) is 15.3. The first-order chi connectivity index (χ1) is 12.7. The number of hydrogen-bond acceptors (Lipinski definition) is 5. The van der Waals surface area contributed by atoms with E-state index in [4.69, 9.17) is 0 Å². The lowest BCUT2D eigenvalue weighted by Gasteiger charge is -2.33. The lowest BCUT2D eigenvalue weighted by atomic mass is 10.2. The van der Waals surface area contributed by atoms with Gasteiger partial charge in [-0.05, 0) is 6.20 Å². The van der Waals surface area contributed by atoms with Crippen molar-refractivity contribution in [1.29, 1.82) is 0 Å². The van der Waals surface area contributed by atoms with Gasteiger partial charge in [0, 0.05) is 6.42 Å². The van der Waals surface area contributed by atoms with E-state index in [1.807, 2.05) is 0 Å². The van der Waals surface area contributed by atoms with E-state index in [9.17, 15) is 53.5 Å². The van der Waals surface area contributed by atoms with Crippen LogP contribution in [0.5, 0.6) is 0 Å². The summed E-state index contributed by atoms with van der Waals surface area (Å²) in [5.74, 6) is -15.3. The Kier molecular flexibility index (Phi) is 8.21. The molecule has 1 atom stereocenters. The number of alkyl halides is 10. The first-order valence-electron chi connectivity index (χ1n) is 6.83. The third kappa shape index (κ3) is 6.52. The summed E-state index contributed by atoms with van der Waals surface area (Å²) in [6.07, 6.45) is -13.7. The van der Waals surface area contributed by atoms with Crippen molar-refractivity contribution in [3.8, 4) is 0 Å². The molecule has 0 aliphatic rings. The molecule has 29 heavy (non-hydrogen) atoms. The van der Waals surface area contributed by atoms with Gasteiger partial charge in [-0.2, -0.15) is 43.9 Å². The fraction of sp³-hybridized carbons (Fsp3) is 0.538. The fourth-order valence-electron chi connectivity index (χ4n) is 1.38. The number of halogens is 10. The highest BCUT2D eigenvalue weighted by Crippen LogP contribution is 2.42. The van der Waals surface area contributed by atoms with Crippen LogP contribution in [0.3, 0.4) is 0 Å². The highest BCUT2D eigenvalue weighted by Gasteiger charge is 2.67. The van der Waals surface area contributed by atoms with E-state index in [-0.39, 0.29) is 6.20 Å². The molecule has 0 bridgehead atoms. The van der Waals surface area contributed by atoms with Gasteiger partial charge in [0.1, 0.15) is 5.57 Å². The van der Waals surface area contributed by atoms with E-state index < -0.39 is 59.8 Å². The summed E-state index contributed by atoms with van der Waals surface area (Å²) >= 11 is 2.25. The Labute approximate surface area is 161 Å². The Hall–Kier alpha value is -1.97. The molecule has 1 amide bonds. The lowest BCUT2D eigenvalue weighted by Crippen LogP contribution is -2.61. The molecule has 0 radical (unpaired) electrons. The first kappa shape index (κ1) is 27.0. The minimum Gasteiger partial charge on any atom is -0.412 e. The van der Waals surface area contributed by atoms with Crippen LogP contribution in [-0.2, 0) is 19.1 Å². The quantitative estimate of drug-likeness (QED) is 0.178. The molecule has 0 aliphatic heterocycles. The topological polar surface area (TPSA) is 64.6 Å². The van der Waals surface area contributed by atoms with Crippen molar-refractivity contribution < 1.29 is 63.0 Å². The molecular formula is C13H11F10NO4S. The van der Waals surface area contributed by atoms with Gasteiger partial charge in [0.25, 0.3) is 0 Å². The molecule has 16 heteroatoms. The van der Waals surface area contributed by atoms with Crippen LogP contribution < -0.4 is 5.32 Å². The van der Waals surface area contributed by atoms with Crippen LogP contribution in [0.2, 0.25) is 0 Å². The summed E-state index contributed by atoms with van der Waals surface area (Å²) in [5, 5.41) is -3.83. The van der Waals surface area contributed by atoms with Crippen LogP contribution in [0, 0.1) is 0 Å². The largest absolute Gasteiger partial charge is 0.466 e. The van der Waals surface area contributed by atoms with Gasteiger partial charge >= 0.3 is 41.2 Å². The number of hydrogen-bond donors (Lipinski definition) is 2. The summed E-state index contributed by atoms with van der Waals surface area (Å²) in [7, 11) is 0. The number of esters is 1. The molecule has 0 heterocycles. The molecule has 0 saturated heterocycles. The molecule has 168 valence electrons. The van der Waals surface area contributed by atoms with Crippen LogP contribution in [0.25, 0.3) is 0 Å². The molecular weight excluding hydrogens is 456 g/mol. The third-order valence-corrected chi connectivity index (χ3v) is 3.22. The standard InChI is InChI=1S/C13H11F10NO4S/c1-3-24-8(26)10(12(19,20)21,28-7(25)6(2)11(16,17)18)27-5-4-9(14,15)13(22,23)29/h3,29H,1-2,4-5H2,(H,24,26). The van der Waals surface area contributed by atoms with Crippen LogP contribution in [0.4, 0.5) is 43.9 Å². The maximum absolute atomic E-state index is 13.4. The Morgan fingerprint density at radius 1 is 1.00 bits per heavy atom. The predicted octanol–water partition coefficient (Wildman–Crippen LogP) is 3.73. The van der Waals surface area contributed by atoms with Gasteiger partial charge in [-0.3, -0.25) is 4.79 Å². The third-order valence-electron chi connectivity index (χ3n) is 2.89. The Morgan fingerprint density at radius 2 is 1.48 bits per heavy atom. The molecule has 0 rings (SSSR count). The zero-order valence-electron chi connectivity index (χ0n) is 13.8. The molecule has 0 aromatic carbocycles. The summed E-state index contributed by atoms with van der Waals surface area (Å²) in [6.45, 7) is 2.90. The zero-order valence-corrected chi connectivity index (χ0v) is 14.7. The van der Waals surface area contributed by atoms with Crippen LogP contribution in [-0.4, -0.2) is 47.8 Å². The van der Waals surface area contributed by atoms with Crippen molar-refractivity contribution in [1.82, 2.24) is 5.32 Å². The van der Waals surface area contributed by atoms with Crippen molar-refractivity contribution in [2.24, 2.45) is 0 Å². The van der Waals surface area contributed by atoms with Crippen molar-refractivity contribution in [2.45, 2.75) is 35.7 Å². The van der Waals surface area contributed by atoms with Crippen molar-refractivity contribution >= 4 is 24.5 Å². The van der Waals surface area contributed by atoms with Gasteiger partial charge < -0.3 is 14.8 Å². The second-order valence-electron chi connectivity index (χ2n) is 5.00. The maximum Gasteiger partial charge on any atom is 0.466 e. The predicted molar refractivity (Wildman–Crippen MR) is 77.9 cm³/mol. The first-order valence-corrected chi connectivity index (χ1v) is 7.27. The van der Waals surface area contributed by atoms with Crippen LogP contribution >= 0.6 is 12.6 Å². The highest BCUT2D eigenvalue weighted by molar-refractivity contribution is 7.81. The SMILES string of the molecule is C=CNC(=O)C(OCCC(F)(F)C(F)(F)S)(OC(=O)C(=C)C(F)(F)F)C(F)(F)F. The van der Waals surface area contributed by atoms with Gasteiger partial charge in [-0.15, -0.1) is 0 Å². The average molecular weight is 467 g/mol. The number of thiol groups is 1. The van der Waals surface area contributed by atoms with Gasteiger partial charge in [0.05, 0.1) is 6.61 Å². The van der Waals surface area contributed by atoms with E-state index in [2.05, 4.69) is 35.3 Å². The summed E-state index contributed by atoms with van der Waals surface area (Å²) in [6, 6.07) is 0. The molecule has 0 fully saturated rings. The zero-order chi connectivity index (χ0) is 23.5. The number of nitrogens with one attached hydrogen (secondary N) is 1. The number of carbonyl (C=O) groups excluding carboxylic acids is 2. The number of rotatable bonds is 9. The smallest absolute Gasteiger partial charge is 0.412 e. The Bertz CT molecular complexity index is 655. The van der Waals surface area contributed by atoms with Crippen molar-refractivity contribution in [3.63, 3.8) is 0 Å². The highest BCUT2D eigenvalue weighted by atomic mass is 32.1. The molecule has 0 saturated carbocycles.